The second-order valence-corrected chi connectivity index (χ2v) is 13.5. The van der Waals surface area contributed by atoms with Gasteiger partial charge in [0.2, 0.25) is 0 Å². The smallest absolute Gasteiger partial charge is 0.388 e. The molecule has 2 saturated heterocycles. The average molecular weight is 766 g/mol. The molecule has 3 aromatic heterocycles. The van der Waals surface area contributed by atoms with Crippen molar-refractivity contribution in [1.82, 2.24) is 19.5 Å². The number of phosphoric acid groups is 1. The van der Waals surface area contributed by atoms with Crippen molar-refractivity contribution in [1.29, 1.82) is 0 Å². The molecule has 7 N–H and O–H groups in total. The Bertz CT molecular complexity index is 1790. The number of hydrogen-bond acceptors (Lipinski definition) is 17. The molecule has 0 saturated carbocycles. The number of aliphatic hydroxyl groups excluding tert-OH is 3. The van der Waals surface area contributed by atoms with Gasteiger partial charge < -0.3 is 45.3 Å². The first kappa shape index (κ1) is 37.9. The molecule has 5 rings (SSSR count). The fraction of sp³-hybridized carbons (Fsp3) is 0.542. The maximum absolute atomic E-state index is 12.4. The van der Waals surface area contributed by atoms with Crippen LogP contribution in [-0.4, -0.2) is 108 Å². The van der Waals surface area contributed by atoms with E-state index < -0.39 is 83.6 Å². The Hall–Kier alpha value is -3.37. The van der Waals surface area contributed by atoms with Gasteiger partial charge in [-0.15, -0.1) is 20.9 Å². The predicted octanol–water partition coefficient (Wildman–Crippen LogP) is -0.0184. The van der Waals surface area contributed by atoms with Gasteiger partial charge in [0.1, 0.15) is 42.4 Å². The van der Waals surface area contributed by atoms with E-state index in [1.165, 1.54) is 46.3 Å². The molecule has 5 heterocycles. The molecule has 26 heteroatoms. The standard InChI is InChI=1S/C24H31ClN10O13P2/c25-15-17(36)13(45-23(15)34-6-1-3-12(7-34)20(26)39)8-43-49(40)47-48-50(41,42)44-9-14-18(37)19(38)24(46-14)35-11-31-16-21(29-10-30-22(16)35)28-4-2-5-32-33-27/h1,3,6-7,10-11,13-15,17-19,23-24,36-38,49H,2,4-5,8-9H2,(H3-,26,28,29,30,39,41,42)/p+1/t13-,14-,15+,17-,18-,19-,23-,24-/m1/s1. The first-order chi connectivity index (χ1) is 23.9. The van der Waals surface area contributed by atoms with E-state index in [4.69, 9.17) is 41.4 Å². The van der Waals surface area contributed by atoms with Gasteiger partial charge in [-0.05, 0) is 18.0 Å². The van der Waals surface area contributed by atoms with E-state index in [-0.39, 0.29) is 17.8 Å². The Morgan fingerprint density at radius 2 is 2.00 bits per heavy atom. The molecule has 10 atom stereocenters. The number of ether oxygens (including phenoxy) is 2. The lowest BCUT2D eigenvalue weighted by Gasteiger charge is -2.17. The summed E-state index contributed by atoms with van der Waals surface area (Å²) in [6.45, 7) is -0.647. The molecular formula is C24H32ClN10O13P2+. The van der Waals surface area contributed by atoms with Crippen molar-refractivity contribution in [3.63, 3.8) is 0 Å². The number of azide groups is 1. The number of rotatable bonds is 17. The van der Waals surface area contributed by atoms with E-state index in [9.17, 15) is 34.1 Å². The highest BCUT2D eigenvalue weighted by atomic mass is 35.5. The number of alkyl halides is 1. The van der Waals surface area contributed by atoms with Gasteiger partial charge in [0.15, 0.2) is 41.0 Å². The first-order valence-corrected chi connectivity index (χ1v) is 17.8. The normalized spacial score (nSPS) is 28.3. The maximum atomic E-state index is 12.4. The number of nitrogens with one attached hydrogen (secondary N) is 1. The quantitative estimate of drug-likeness (QED) is 0.0121. The minimum absolute atomic E-state index is 0.159. The Morgan fingerprint density at radius 3 is 2.76 bits per heavy atom. The second kappa shape index (κ2) is 16.8. The highest BCUT2D eigenvalue weighted by Crippen LogP contribution is 2.48. The molecule has 2 unspecified atom stereocenters. The third kappa shape index (κ3) is 8.91. The second-order valence-electron chi connectivity index (χ2n) is 10.7. The fourth-order valence-corrected chi connectivity index (χ4v) is 6.68. The first-order valence-electron chi connectivity index (χ1n) is 14.6. The molecule has 2 aliphatic rings. The number of nitrogens with two attached hydrogens (primary N) is 1. The fourth-order valence-electron chi connectivity index (χ4n) is 4.98. The summed E-state index contributed by atoms with van der Waals surface area (Å²) >= 11 is 6.29. The van der Waals surface area contributed by atoms with Gasteiger partial charge in [0, 0.05) is 24.1 Å². The molecule has 0 aromatic carbocycles. The van der Waals surface area contributed by atoms with Crippen LogP contribution in [0.2, 0.25) is 0 Å². The van der Waals surface area contributed by atoms with E-state index in [2.05, 4.69) is 39.6 Å². The highest BCUT2D eigenvalue weighted by Gasteiger charge is 2.49. The van der Waals surface area contributed by atoms with E-state index in [1.807, 2.05) is 0 Å². The Balaban J connectivity index is 1.09. The number of fused-ring (bicyclic) bond motifs is 1. The van der Waals surface area contributed by atoms with Gasteiger partial charge in [-0.25, -0.2) is 19.5 Å². The van der Waals surface area contributed by atoms with Gasteiger partial charge in [0.05, 0.1) is 19.5 Å². The van der Waals surface area contributed by atoms with Gasteiger partial charge in [-0.3, -0.25) is 18.5 Å². The number of aromatic nitrogens is 5. The lowest BCUT2D eigenvalue weighted by atomic mass is 10.1. The number of phosphoric ester groups is 1. The number of imidazole rings is 1. The summed E-state index contributed by atoms with van der Waals surface area (Å²) in [5.41, 5.74) is 14.4. The molecule has 2 fully saturated rings. The number of aliphatic hydroxyl groups is 3. The minimum atomic E-state index is -5.09. The van der Waals surface area contributed by atoms with Crippen LogP contribution in [0.4, 0.5) is 5.82 Å². The Labute approximate surface area is 286 Å². The molecule has 23 nitrogen and oxygen atoms in total. The van der Waals surface area contributed by atoms with E-state index >= 15 is 0 Å². The van der Waals surface area contributed by atoms with E-state index in [0.717, 1.165) is 0 Å². The Morgan fingerprint density at radius 1 is 1.22 bits per heavy atom. The molecular weight excluding hydrogens is 734 g/mol. The lowest BCUT2D eigenvalue weighted by molar-refractivity contribution is -0.758. The number of carbonyl (C=O) groups excluding carboxylic acids is 1. The zero-order chi connectivity index (χ0) is 36.0. The molecule has 272 valence electrons. The highest BCUT2D eigenvalue weighted by molar-refractivity contribution is 7.47. The van der Waals surface area contributed by atoms with E-state index in [1.54, 1.807) is 0 Å². The van der Waals surface area contributed by atoms with Crippen LogP contribution in [0.15, 0.2) is 42.3 Å². The molecule has 0 radical (unpaired) electrons. The van der Waals surface area contributed by atoms with Crippen LogP contribution in [0.5, 0.6) is 0 Å². The van der Waals surface area contributed by atoms with Crippen molar-refractivity contribution in [3.8, 4) is 0 Å². The van der Waals surface area contributed by atoms with Crippen molar-refractivity contribution in [2.75, 3.05) is 31.6 Å². The molecule has 0 bridgehead atoms. The van der Waals surface area contributed by atoms with Gasteiger partial charge >= 0.3 is 16.1 Å². The van der Waals surface area contributed by atoms with Crippen LogP contribution < -0.4 is 15.6 Å². The van der Waals surface area contributed by atoms with Crippen molar-refractivity contribution in [2.24, 2.45) is 10.8 Å². The van der Waals surface area contributed by atoms with Crippen LogP contribution in [-0.2, 0) is 37.0 Å². The molecule has 50 heavy (non-hydrogen) atoms. The molecule has 0 spiro atoms. The summed E-state index contributed by atoms with van der Waals surface area (Å²) in [6, 6.07) is 2.99. The SMILES string of the molecule is [N-]=[N+]=NCCCNc1ncnc2c1ncn2[C@@H]1O[C@H](COP(=O)(O)OO[PH](=O)OC[C@H]2O[C@@H]([n+]3cccc(C(N)=O)c3)[C@@H](Cl)[C@@H]2O)[C@@H](O)[C@H]1O. The van der Waals surface area contributed by atoms with Crippen molar-refractivity contribution < 1.29 is 66.6 Å². The van der Waals surface area contributed by atoms with Crippen LogP contribution >= 0.6 is 27.7 Å². The number of pyridine rings is 1. The summed E-state index contributed by atoms with van der Waals surface area (Å²) in [7, 11) is -8.72. The van der Waals surface area contributed by atoms with Crippen LogP contribution in [0, 0.1) is 0 Å². The summed E-state index contributed by atoms with van der Waals surface area (Å²) in [4.78, 5) is 36.7. The van der Waals surface area contributed by atoms with Crippen molar-refractivity contribution in [3.05, 3.63) is 53.2 Å². The number of carbonyl (C=O) groups is 1. The topological polar surface area (TPSA) is 322 Å². The lowest BCUT2D eigenvalue weighted by Crippen LogP contribution is -2.44. The predicted molar refractivity (Wildman–Crippen MR) is 166 cm³/mol. The van der Waals surface area contributed by atoms with Gasteiger partial charge in [-0.1, -0.05) is 5.11 Å². The summed E-state index contributed by atoms with van der Waals surface area (Å²) in [6.07, 6.45) is -3.22. The van der Waals surface area contributed by atoms with Gasteiger partial charge in [-0.2, -0.15) is 4.57 Å². The number of hydrogen-bond donors (Lipinski definition) is 6. The molecule has 2 aliphatic heterocycles. The number of halogens is 1. The summed E-state index contributed by atoms with van der Waals surface area (Å²) in [5, 5.41) is 37.2. The maximum Gasteiger partial charge on any atom is 0.499 e. The zero-order valence-electron chi connectivity index (χ0n) is 25.6. The summed E-state index contributed by atoms with van der Waals surface area (Å²) in [5.74, 6) is -0.340. The average Bonchev–Trinajstić information content (AvgIpc) is 3.75. The molecule has 0 aliphatic carbocycles. The third-order valence-corrected chi connectivity index (χ3v) is 9.40. The van der Waals surface area contributed by atoms with E-state index in [0.29, 0.717) is 24.3 Å². The Kier molecular flexibility index (Phi) is 12.7. The number of amides is 1. The monoisotopic (exact) mass is 765 g/mol. The number of anilines is 1. The minimum Gasteiger partial charge on any atom is -0.388 e. The summed E-state index contributed by atoms with van der Waals surface area (Å²) < 4.78 is 57.2. The third-order valence-electron chi connectivity index (χ3n) is 7.42. The number of nitrogens with zero attached hydrogens (tertiary/aromatic N) is 8. The van der Waals surface area contributed by atoms with Crippen LogP contribution in [0.1, 0.15) is 29.2 Å². The largest absolute Gasteiger partial charge is 0.499 e. The van der Waals surface area contributed by atoms with Crippen LogP contribution in [0.25, 0.3) is 21.6 Å². The van der Waals surface area contributed by atoms with Gasteiger partial charge in [0.25, 0.3) is 12.1 Å². The molecule has 3 aromatic rings. The van der Waals surface area contributed by atoms with Crippen LogP contribution in [0.3, 0.4) is 0 Å². The number of primary amides is 1. The van der Waals surface area contributed by atoms with Crippen molar-refractivity contribution >= 4 is 50.6 Å². The van der Waals surface area contributed by atoms with Crippen molar-refractivity contribution in [2.45, 2.75) is 54.8 Å². The molecule has 1 amide bonds. The zero-order valence-corrected chi connectivity index (χ0v) is 28.2.